The van der Waals surface area contributed by atoms with Gasteiger partial charge < -0.3 is 5.32 Å². The van der Waals surface area contributed by atoms with Gasteiger partial charge in [-0.15, -0.1) is 10.2 Å². The molecule has 164 valence electrons. The molecule has 1 aliphatic heterocycles. The van der Waals surface area contributed by atoms with E-state index in [0.29, 0.717) is 34.2 Å². The van der Waals surface area contributed by atoms with Crippen LogP contribution >= 0.6 is 22.9 Å². The fraction of sp³-hybridized carbons (Fsp3) is 0.238. The van der Waals surface area contributed by atoms with Crippen molar-refractivity contribution in [3.63, 3.8) is 0 Å². The predicted octanol–water partition coefficient (Wildman–Crippen LogP) is 3.88. The topological polar surface area (TPSA) is 116 Å². The highest BCUT2D eigenvalue weighted by atomic mass is 35.5. The first kappa shape index (κ1) is 22.4. The first-order valence-electron chi connectivity index (χ1n) is 9.77. The number of benzene rings is 2. The summed E-state index contributed by atoms with van der Waals surface area (Å²) in [5.74, 6) is -0.545. The van der Waals surface area contributed by atoms with E-state index in [1.54, 1.807) is 36.4 Å². The number of nitriles is 1. The van der Waals surface area contributed by atoms with Crippen LogP contribution in [0, 0.1) is 11.3 Å². The summed E-state index contributed by atoms with van der Waals surface area (Å²) in [4.78, 5) is 12.6. The number of hydrogen-bond acceptors (Lipinski definition) is 7. The fourth-order valence-electron chi connectivity index (χ4n) is 3.45. The molecule has 1 aliphatic rings. The minimum atomic E-state index is -3.74. The second kappa shape index (κ2) is 9.34. The van der Waals surface area contributed by atoms with E-state index < -0.39 is 10.0 Å². The first-order chi connectivity index (χ1) is 15.4. The van der Waals surface area contributed by atoms with Gasteiger partial charge in [0.15, 0.2) is 0 Å². The molecule has 1 atom stereocenters. The van der Waals surface area contributed by atoms with Gasteiger partial charge in [-0.2, -0.15) is 9.57 Å². The zero-order valence-corrected chi connectivity index (χ0v) is 19.1. The Kier molecular flexibility index (Phi) is 6.53. The van der Waals surface area contributed by atoms with Crippen LogP contribution < -0.4 is 5.32 Å². The number of carbonyl (C=O) groups is 1. The molecule has 2 heterocycles. The van der Waals surface area contributed by atoms with Crippen LogP contribution in [0.2, 0.25) is 5.02 Å². The van der Waals surface area contributed by atoms with E-state index in [0.717, 1.165) is 17.8 Å². The van der Waals surface area contributed by atoms with Crippen LogP contribution in [0.3, 0.4) is 0 Å². The Morgan fingerprint density at radius 3 is 2.75 bits per heavy atom. The predicted molar refractivity (Wildman–Crippen MR) is 121 cm³/mol. The van der Waals surface area contributed by atoms with Gasteiger partial charge in [0.1, 0.15) is 5.01 Å². The SMILES string of the molecule is N#Cc1cccc(S(=O)(=O)N2CCCC(c3nnc(C(=O)Nc4ccc(Cl)cc4)s3)C2)c1. The summed E-state index contributed by atoms with van der Waals surface area (Å²) >= 11 is 7.02. The van der Waals surface area contributed by atoms with Gasteiger partial charge in [-0.05, 0) is 55.3 Å². The smallest absolute Gasteiger partial charge is 0.286 e. The largest absolute Gasteiger partial charge is 0.320 e. The lowest BCUT2D eigenvalue weighted by molar-refractivity contribution is 0.102. The van der Waals surface area contributed by atoms with E-state index >= 15 is 0 Å². The summed E-state index contributed by atoms with van der Waals surface area (Å²) in [7, 11) is -3.74. The summed E-state index contributed by atoms with van der Waals surface area (Å²) < 4.78 is 27.6. The summed E-state index contributed by atoms with van der Waals surface area (Å²) in [6.45, 7) is 0.630. The Labute approximate surface area is 194 Å². The van der Waals surface area contributed by atoms with Crippen LogP contribution in [0.25, 0.3) is 0 Å². The van der Waals surface area contributed by atoms with Crippen molar-refractivity contribution in [1.29, 1.82) is 5.26 Å². The Bertz CT molecular complexity index is 1290. The molecule has 0 radical (unpaired) electrons. The molecule has 4 rings (SSSR count). The molecule has 1 N–H and O–H groups in total. The van der Waals surface area contributed by atoms with Gasteiger partial charge in [-0.1, -0.05) is 29.0 Å². The van der Waals surface area contributed by atoms with Gasteiger partial charge in [0.05, 0.1) is 16.5 Å². The summed E-state index contributed by atoms with van der Waals surface area (Å²) in [6, 6.07) is 14.7. The Hall–Kier alpha value is -2.84. The van der Waals surface area contributed by atoms with E-state index in [9.17, 15) is 13.2 Å². The third-order valence-corrected chi connectivity index (χ3v) is 8.27. The van der Waals surface area contributed by atoms with E-state index in [4.69, 9.17) is 16.9 Å². The van der Waals surface area contributed by atoms with Gasteiger partial charge in [-0.3, -0.25) is 4.79 Å². The third-order valence-electron chi connectivity index (χ3n) is 5.07. The zero-order chi connectivity index (χ0) is 22.7. The average molecular weight is 488 g/mol. The van der Waals surface area contributed by atoms with Crippen molar-refractivity contribution in [2.45, 2.75) is 23.7 Å². The van der Waals surface area contributed by atoms with E-state index in [1.165, 1.54) is 16.4 Å². The number of hydrogen-bond donors (Lipinski definition) is 1. The lowest BCUT2D eigenvalue weighted by Crippen LogP contribution is -2.39. The van der Waals surface area contributed by atoms with Crippen molar-refractivity contribution in [3.05, 3.63) is 69.1 Å². The normalized spacial score (nSPS) is 16.9. The van der Waals surface area contributed by atoms with Crippen molar-refractivity contribution >= 4 is 44.6 Å². The van der Waals surface area contributed by atoms with Gasteiger partial charge in [0.25, 0.3) is 5.91 Å². The molecular weight excluding hydrogens is 470 g/mol. The molecule has 0 spiro atoms. The minimum Gasteiger partial charge on any atom is -0.320 e. The average Bonchev–Trinajstić information content (AvgIpc) is 3.31. The van der Waals surface area contributed by atoms with E-state index in [1.807, 2.05) is 6.07 Å². The maximum Gasteiger partial charge on any atom is 0.286 e. The quantitative estimate of drug-likeness (QED) is 0.583. The number of anilines is 1. The molecule has 1 fully saturated rings. The Balaban J connectivity index is 1.48. The highest BCUT2D eigenvalue weighted by Crippen LogP contribution is 2.32. The van der Waals surface area contributed by atoms with Crippen LogP contribution in [-0.4, -0.2) is 41.9 Å². The second-order valence-corrected chi connectivity index (χ2v) is 10.6. The number of sulfonamides is 1. The van der Waals surface area contributed by atoms with Crippen LogP contribution in [0.5, 0.6) is 0 Å². The van der Waals surface area contributed by atoms with E-state index in [2.05, 4.69) is 15.5 Å². The number of nitrogens with one attached hydrogen (secondary N) is 1. The maximum atomic E-state index is 13.1. The molecule has 11 heteroatoms. The molecule has 32 heavy (non-hydrogen) atoms. The first-order valence-corrected chi connectivity index (χ1v) is 12.4. The molecule has 0 saturated carbocycles. The van der Waals surface area contributed by atoms with E-state index in [-0.39, 0.29) is 28.3 Å². The molecule has 1 saturated heterocycles. The number of amides is 1. The van der Waals surface area contributed by atoms with Gasteiger partial charge in [-0.25, -0.2) is 8.42 Å². The fourth-order valence-corrected chi connectivity index (χ4v) is 6.01. The second-order valence-electron chi connectivity index (χ2n) is 7.25. The van der Waals surface area contributed by atoms with Gasteiger partial charge in [0.2, 0.25) is 15.0 Å². The van der Waals surface area contributed by atoms with Crippen molar-refractivity contribution in [2.24, 2.45) is 0 Å². The van der Waals surface area contributed by atoms with Gasteiger partial charge in [0, 0.05) is 29.7 Å². The molecule has 1 aromatic heterocycles. The van der Waals surface area contributed by atoms with Crippen molar-refractivity contribution in [1.82, 2.24) is 14.5 Å². The molecular formula is C21H18ClN5O3S2. The molecule has 2 aromatic carbocycles. The monoisotopic (exact) mass is 487 g/mol. The molecule has 8 nitrogen and oxygen atoms in total. The van der Waals surface area contributed by atoms with Crippen LogP contribution in [0.4, 0.5) is 5.69 Å². The lowest BCUT2D eigenvalue weighted by atomic mass is 10.0. The Morgan fingerprint density at radius 2 is 2.00 bits per heavy atom. The maximum absolute atomic E-state index is 13.1. The number of nitrogens with zero attached hydrogens (tertiary/aromatic N) is 4. The van der Waals surface area contributed by atoms with Crippen LogP contribution in [0.15, 0.2) is 53.4 Å². The number of piperidine rings is 1. The Morgan fingerprint density at radius 1 is 1.22 bits per heavy atom. The van der Waals surface area contributed by atoms with Gasteiger partial charge >= 0.3 is 0 Å². The summed E-state index contributed by atoms with van der Waals surface area (Å²) in [6.07, 6.45) is 1.41. The molecule has 1 unspecified atom stereocenters. The van der Waals surface area contributed by atoms with Crippen molar-refractivity contribution < 1.29 is 13.2 Å². The highest BCUT2D eigenvalue weighted by Gasteiger charge is 2.33. The number of rotatable bonds is 5. The van der Waals surface area contributed by atoms with Crippen molar-refractivity contribution in [2.75, 3.05) is 18.4 Å². The highest BCUT2D eigenvalue weighted by molar-refractivity contribution is 7.89. The van der Waals surface area contributed by atoms with Crippen LogP contribution in [0.1, 0.15) is 39.1 Å². The standard InChI is InChI=1S/C21H18ClN5O3S2/c22-16-6-8-17(9-7-16)24-19(28)21-26-25-20(31-21)15-4-2-10-27(13-15)32(29,30)18-5-1-3-14(11-18)12-23/h1,3,5-9,11,15H,2,4,10,13H2,(H,24,28). The molecule has 3 aromatic rings. The zero-order valence-electron chi connectivity index (χ0n) is 16.7. The van der Waals surface area contributed by atoms with Crippen molar-refractivity contribution in [3.8, 4) is 6.07 Å². The molecule has 1 amide bonds. The minimum absolute atomic E-state index is 0.0949. The lowest BCUT2D eigenvalue weighted by Gasteiger charge is -2.30. The number of carbonyl (C=O) groups excluding carboxylic acids is 1. The number of aromatic nitrogens is 2. The molecule has 0 bridgehead atoms. The van der Waals surface area contributed by atoms with Crippen LogP contribution in [-0.2, 0) is 10.0 Å². The summed E-state index contributed by atoms with van der Waals surface area (Å²) in [5, 5.41) is 21.4. The third kappa shape index (κ3) is 4.81. The number of halogens is 1. The molecule has 0 aliphatic carbocycles. The summed E-state index contributed by atoms with van der Waals surface area (Å²) in [5.41, 5.74) is 0.880.